The summed E-state index contributed by atoms with van der Waals surface area (Å²) >= 11 is 1.51. The minimum absolute atomic E-state index is 0.105. The van der Waals surface area contributed by atoms with E-state index < -0.39 is 5.82 Å². The van der Waals surface area contributed by atoms with E-state index in [1.54, 1.807) is 0 Å². The molecule has 1 saturated heterocycles. The number of amides is 1. The van der Waals surface area contributed by atoms with Crippen molar-refractivity contribution >= 4 is 22.4 Å². The Balaban J connectivity index is 1.60. The van der Waals surface area contributed by atoms with Crippen LogP contribution < -0.4 is 5.32 Å². The van der Waals surface area contributed by atoms with Crippen LogP contribution in [0.4, 0.5) is 9.52 Å². The Morgan fingerprint density at radius 3 is 2.88 bits per heavy atom. The first-order valence-corrected chi connectivity index (χ1v) is 9.25. The van der Waals surface area contributed by atoms with Gasteiger partial charge in [-0.25, -0.2) is 19.3 Å². The van der Waals surface area contributed by atoms with Crippen LogP contribution in [-0.4, -0.2) is 38.8 Å². The molecule has 1 N–H and O–H groups in total. The highest BCUT2D eigenvalue weighted by molar-refractivity contribution is 7.15. The molecular weight excluding hydrogens is 341 g/mol. The van der Waals surface area contributed by atoms with E-state index in [2.05, 4.69) is 32.1 Å². The van der Waals surface area contributed by atoms with Crippen molar-refractivity contribution in [3.63, 3.8) is 0 Å². The summed E-state index contributed by atoms with van der Waals surface area (Å²) in [6.45, 7) is 6.42. The Hall–Kier alpha value is -1.93. The van der Waals surface area contributed by atoms with Crippen LogP contribution in [0, 0.1) is 11.7 Å². The summed E-state index contributed by atoms with van der Waals surface area (Å²) < 4.78 is 13.0. The number of rotatable bonds is 5. The van der Waals surface area contributed by atoms with Gasteiger partial charge in [-0.3, -0.25) is 9.69 Å². The molecule has 0 aliphatic carbocycles. The van der Waals surface area contributed by atoms with Crippen LogP contribution >= 0.6 is 11.3 Å². The van der Waals surface area contributed by atoms with Crippen molar-refractivity contribution in [2.75, 3.05) is 18.4 Å². The van der Waals surface area contributed by atoms with Gasteiger partial charge >= 0.3 is 0 Å². The van der Waals surface area contributed by atoms with Crippen LogP contribution in [0.1, 0.15) is 43.3 Å². The van der Waals surface area contributed by atoms with Gasteiger partial charge in [-0.15, -0.1) is 11.3 Å². The first-order chi connectivity index (χ1) is 12.0. The average Bonchev–Trinajstić information content (AvgIpc) is 3.01. The van der Waals surface area contributed by atoms with E-state index in [1.807, 2.05) is 6.20 Å². The van der Waals surface area contributed by atoms with E-state index >= 15 is 0 Å². The maximum atomic E-state index is 13.0. The minimum Gasteiger partial charge on any atom is -0.302 e. The van der Waals surface area contributed by atoms with Gasteiger partial charge in [0, 0.05) is 37.0 Å². The normalized spacial score (nSPS) is 19.6. The third-order valence-corrected chi connectivity index (χ3v) is 5.41. The molecule has 25 heavy (non-hydrogen) atoms. The van der Waals surface area contributed by atoms with Crippen LogP contribution in [0.5, 0.6) is 0 Å². The van der Waals surface area contributed by atoms with Crippen molar-refractivity contribution in [2.24, 2.45) is 5.92 Å². The number of likely N-dealkylation sites (tertiary alicyclic amines) is 1. The first-order valence-electron chi connectivity index (χ1n) is 8.43. The molecule has 2 aromatic rings. The summed E-state index contributed by atoms with van der Waals surface area (Å²) in [6.07, 6.45) is 6.54. The van der Waals surface area contributed by atoms with Crippen molar-refractivity contribution in [2.45, 2.75) is 39.2 Å². The molecule has 134 valence electrons. The van der Waals surface area contributed by atoms with Gasteiger partial charge in [-0.2, -0.15) is 0 Å². The number of aromatic nitrogens is 3. The van der Waals surface area contributed by atoms with Gasteiger partial charge in [0.1, 0.15) is 5.82 Å². The van der Waals surface area contributed by atoms with E-state index in [4.69, 9.17) is 0 Å². The predicted octanol–water partition coefficient (Wildman–Crippen LogP) is 3.05. The second-order valence-electron chi connectivity index (χ2n) is 6.50. The lowest BCUT2D eigenvalue weighted by Crippen LogP contribution is -2.37. The Morgan fingerprint density at radius 1 is 1.40 bits per heavy atom. The second kappa shape index (κ2) is 7.97. The molecule has 0 radical (unpaired) electrons. The number of halogens is 1. The number of nitrogens with one attached hydrogen (secondary N) is 1. The van der Waals surface area contributed by atoms with E-state index in [-0.39, 0.29) is 11.8 Å². The number of hydrogen-bond acceptors (Lipinski definition) is 6. The first kappa shape index (κ1) is 17.9. The van der Waals surface area contributed by atoms with Crippen molar-refractivity contribution < 1.29 is 9.18 Å². The smallest absolute Gasteiger partial charge is 0.223 e. The lowest BCUT2D eigenvalue weighted by atomic mass is 9.86. The van der Waals surface area contributed by atoms with Crippen LogP contribution in [0.15, 0.2) is 18.6 Å². The van der Waals surface area contributed by atoms with Gasteiger partial charge in [0.15, 0.2) is 10.9 Å². The summed E-state index contributed by atoms with van der Waals surface area (Å²) in [5.41, 5.74) is 0. The largest absolute Gasteiger partial charge is 0.302 e. The molecule has 1 aliphatic heterocycles. The van der Waals surface area contributed by atoms with E-state index in [1.165, 1.54) is 30.7 Å². The zero-order valence-corrected chi connectivity index (χ0v) is 15.2. The molecule has 1 aliphatic rings. The molecule has 1 amide bonds. The topological polar surface area (TPSA) is 71.0 Å². The van der Waals surface area contributed by atoms with Crippen molar-refractivity contribution in [1.29, 1.82) is 0 Å². The fourth-order valence-corrected chi connectivity index (χ4v) is 4.12. The van der Waals surface area contributed by atoms with E-state index in [0.29, 0.717) is 16.9 Å². The molecule has 3 rings (SSSR count). The summed E-state index contributed by atoms with van der Waals surface area (Å²) in [4.78, 5) is 27.1. The highest BCUT2D eigenvalue weighted by atomic mass is 32.1. The van der Waals surface area contributed by atoms with Crippen LogP contribution in [0.3, 0.4) is 0 Å². The van der Waals surface area contributed by atoms with Crippen molar-refractivity contribution in [3.05, 3.63) is 35.1 Å². The van der Waals surface area contributed by atoms with E-state index in [0.717, 1.165) is 37.4 Å². The average molecular weight is 363 g/mol. The van der Waals surface area contributed by atoms with Crippen molar-refractivity contribution in [1.82, 2.24) is 19.9 Å². The molecule has 0 saturated carbocycles. The third-order valence-electron chi connectivity index (χ3n) is 4.51. The maximum Gasteiger partial charge on any atom is 0.223 e. The monoisotopic (exact) mass is 363 g/mol. The van der Waals surface area contributed by atoms with Crippen molar-refractivity contribution in [3.8, 4) is 0 Å². The molecular formula is C17H22FN5OS. The standard InChI is InChI=1S/C17H22FN5OS/c1-11(16-19-6-14(18)7-20-16)13-4-3-5-23(9-13)10-15-8-21-17(25-15)22-12(2)24/h6-8,11,13H,3-5,9-10H2,1-2H3,(H,21,22,24)/t11?,13-/m1/s1. The molecule has 0 bridgehead atoms. The van der Waals surface area contributed by atoms with Gasteiger partial charge in [-0.1, -0.05) is 6.92 Å². The molecule has 6 nitrogen and oxygen atoms in total. The lowest BCUT2D eigenvalue weighted by molar-refractivity contribution is -0.114. The number of thiazole rings is 1. The highest BCUT2D eigenvalue weighted by Crippen LogP contribution is 2.31. The van der Waals surface area contributed by atoms with Crippen LogP contribution in [0.25, 0.3) is 0 Å². The Morgan fingerprint density at radius 2 is 2.16 bits per heavy atom. The van der Waals surface area contributed by atoms with Crippen LogP contribution in [-0.2, 0) is 11.3 Å². The fraction of sp³-hybridized carbons (Fsp3) is 0.529. The number of piperidine rings is 1. The minimum atomic E-state index is -0.401. The Kier molecular flexibility index (Phi) is 5.70. The fourth-order valence-electron chi connectivity index (χ4n) is 3.22. The molecule has 2 aromatic heterocycles. The second-order valence-corrected chi connectivity index (χ2v) is 7.61. The SMILES string of the molecule is CC(=O)Nc1ncc(CN2CCC[C@@H](C(C)c3ncc(F)cn3)C2)s1. The summed E-state index contributed by atoms with van der Waals surface area (Å²) in [7, 11) is 0. The number of carbonyl (C=O) groups excluding carboxylic acids is 1. The molecule has 0 aromatic carbocycles. The third kappa shape index (κ3) is 4.79. The lowest BCUT2D eigenvalue weighted by Gasteiger charge is -2.35. The predicted molar refractivity (Wildman–Crippen MR) is 94.8 cm³/mol. The molecule has 3 heterocycles. The zero-order chi connectivity index (χ0) is 17.8. The van der Waals surface area contributed by atoms with Gasteiger partial charge in [0.05, 0.1) is 12.4 Å². The molecule has 1 fully saturated rings. The van der Waals surface area contributed by atoms with Gasteiger partial charge in [0.2, 0.25) is 5.91 Å². The van der Waals surface area contributed by atoms with Gasteiger partial charge in [0.25, 0.3) is 0 Å². The summed E-state index contributed by atoms with van der Waals surface area (Å²) in [5, 5.41) is 3.36. The molecule has 8 heteroatoms. The molecule has 0 spiro atoms. The van der Waals surface area contributed by atoms with E-state index in [9.17, 15) is 9.18 Å². The Bertz CT molecular complexity index is 720. The number of nitrogens with zero attached hydrogens (tertiary/aromatic N) is 4. The molecule has 2 atom stereocenters. The highest BCUT2D eigenvalue weighted by Gasteiger charge is 2.27. The molecule has 1 unspecified atom stereocenters. The van der Waals surface area contributed by atoms with Crippen LogP contribution in [0.2, 0.25) is 0 Å². The number of hydrogen-bond donors (Lipinski definition) is 1. The number of carbonyl (C=O) groups is 1. The van der Waals surface area contributed by atoms with Gasteiger partial charge in [-0.05, 0) is 25.3 Å². The Labute approximate surface area is 150 Å². The zero-order valence-electron chi connectivity index (χ0n) is 14.4. The summed E-state index contributed by atoms with van der Waals surface area (Å²) in [5.74, 6) is 0.842. The quantitative estimate of drug-likeness (QED) is 0.884. The maximum absolute atomic E-state index is 13.0. The summed E-state index contributed by atoms with van der Waals surface area (Å²) in [6, 6.07) is 0. The number of anilines is 1. The van der Waals surface area contributed by atoms with Gasteiger partial charge < -0.3 is 5.32 Å².